The Bertz CT molecular complexity index is 1320. The summed E-state index contributed by atoms with van der Waals surface area (Å²) in [5, 5.41) is 10.3. The van der Waals surface area contributed by atoms with Crippen LogP contribution in [0.15, 0.2) is 71.3 Å². The SMILES string of the molecule is C[C@@H](NC(=O)c1ccc2noc(-c3ccccc3)c2c1)C(=O)Nc1ccc2c(c1)OCO2. The minimum atomic E-state index is -0.764. The Morgan fingerprint density at radius 3 is 2.62 bits per heavy atom. The third-order valence-electron chi connectivity index (χ3n) is 5.16. The fourth-order valence-corrected chi connectivity index (χ4v) is 3.45. The zero-order chi connectivity index (χ0) is 22.1. The van der Waals surface area contributed by atoms with Crippen LogP contribution in [-0.4, -0.2) is 29.8 Å². The van der Waals surface area contributed by atoms with E-state index < -0.39 is 6.04 Å². The highest BCUT2D eigenvalue weighted by atomic mass is 16.7. The van der Waals surface area contributed by atoms with Gasteiger partial charge >= 0.3 is 0 Å². The van der Waals surface area contributed by atoms with Crippen LogP contribution in [0.5, 0.6) is 11.5 Å². The monoisotopic (exact) mass is 429 g/mol. The number of amides is 2. The molecule has 2 N–H and O–H groups in total. The fourth-order valence-electron chi connectivity index (χ4n) is 3.45. The van der Waals surface area contributed by atoms with Crippen LogP contribution in [0.3, 0.4) is 0 Å². The van der Waals surface area contributed by atoms with E-state index in [1.165, 1.54) is 0 Å². The first-order valence-electron chi connectivity index (χ1n) is 10.0. The van der Waals surface area contributed by atoms with Gasteiger partial charge < -0.3 is 24.6 Å². The molecule has 8 heteroatoms. The highest BCUT2D eigenvalue weighted by Gasteiger charge is 2.20. The molecule has 1 atom stereocenters. The minimum absolute atomic E-state index is 0.154. The quantitative estimate of drug-likeness (QED) is 0.498. The average molecular weight is 429 g/mol. The average Bonchev–Trinajstić information content (AvgIpc) is 3.45. The molecule has 2 amide bonds. The number of benzene rings is 3. The molecule has 3 aromatic carbocycles. The predicted molar refractivity (Wildman–Crippen MR) is 118 cm³/mol. The molecular weight excluding hydrogens is 410 g/mol. The van der Waals surface area contributed by atoms with Gasteiger partial charge in [-0.15, -0.1) is 0 Å². The van der Waals surface area contributed by atoms with Crippen molar-refractivity contribution in [2.24, 2.45) is 0 Å². The van der Waals surface area contributed by atoms with Gasteiger partial charge in [0, 0.05) is 22.9 Å². The van der Waals surface area contributed by atoms with E-state index in [4.69, 9.17) is 14.0 Å². The van der Waals surface area contributed by atoms with Gasteiger partial charge in [0.25, 0.3) is 5.91 Å². The van der Waals surface area contributed by atoms with Crippen LogP contribution >= 0.6 is 0 Å². The topological polar surface area (TPSA) is 103 Å². The number of nitrogens with zero attached hydrogens (tertiary/aromatic N) is 1. The lowest BCUT2D eigenvalue weighted by Crippen LogP contribution is -2.41. The van der Waals surface area contributed by atoms with E-state index in [9.17, 15) is 9.59 Å². The molecule has 8 nitrogen and oxygen atoms in total. The van der Waals surface area contributed by atoms with Crippen molar-refractivity contribution >= 4 is 28.4 Å². The summed E-state index contributed by atoms with van der Waals surface area (Å²) >= 11 is 0. The summed E-state index contributed by atoms with van der Waals surface area (Å²) in [5.41, 5.74) is 2.47. The normalized spacial score (nSPS) is 13.0. The molecule has 0 bridgehead atoms. The minimum Gasteiger partial charge on any atom is -0.454 e. The summed E-state index contributed by atoms with van der Waals surface area (Å²) in [6.45, 7) is 1.77. The van der Waals surface area contributed by atoms with Crippen LogP contribution in [0, 0.1) is 0 Å². The van der Waals surface area contributed by atoms with Gasteiger partial charge in [0.2, 0.25) is 12.7 Å². The number of hydrogen-bond acceptors (Lipinski definition) is 6. The molecule has 4 aromatic rings. The maximum Gasteiger partial charge on any atom is 0.251 e. The molecule has 32 heavy (non-hydrogen) atoms. The Morgan fingerprint density at radius 1 is 0.969 bits per heavy atom. The van der Waals surface area contributed by atoms with Crippen molar-refractivity contribution in [1.29, 1.82) is 0 Å². The number of nitrogens with one attached hydrogen (secondary N) is 2. The second-order valence-corrected chi connectivity index (χ2v) is 7.36. The van der Waals surface area contributed by atoms with E-state index in [0.29, 0.717) is 34.0 Å². The van der Waals surface area contributed by atoms with Crippen molar-refractivity contribution in [3.63, 3.8) is 0 Å². The molecule has 2 heterocycles. The molecule has 0 unspecified atom stereocenters. The Labute approximate surface area is 183 Å². The summed E-state index contributed by atoms with van der Waals surface area (Å²) in [4.78, 5) is 25.4. The van der Waals surface area contributed by atoms with Crippen LogP contribution in [0.1, 0.15) is 17.3 Å². The fraction of sp³-hybridized carbons (Fsp3) is 0.125. The number of hydrogen-bond donors (Lipinski definition) is 2. The standard InChI is InChI=1S/C24H19N3O5/c1-14(23(28)26-17-8-10-20-21(12-17)31-13-30-20)25-24(29)16-7-9-19-18(11-16)22(32-27-19)15-5-3-2-4-6-15/h2-12,14H,13H2,1H3,(H,25,29)(H,26,28)/t14-/m1/s1. The first-order chi connectivity index (χ1) is 15.6. The summed E-state index contributed by atoms with van der Waals surface area (Å²) in [5.74, 6) is 1.05. The van der Waals surface area contributed by atoms with Crippen LogP contribution < -0.4 is 20.1 Å². The molecule has 1 aliphatic rings. The van der Waals surface area contributed by atoms with Gasteiger partial charge in [0.05, 0.1) is 5.39 Å². The maximum absolute atomic E-state index is 12.8. The van der Waals surface area contributed by atoms with Gasteiger partial charge in [-0.25, -0.2) is 0 Å². The van der Waals surface area contributed by atoms with E-state index in [1.54, 1.807) is 43.3 Å². The Balaban J connectivity index is 1.30. The Hall–Kier alpha value is -4.33. The highest BCUT2D eigenvalue weighted by molar-refractivity contribution is 6.04. The highest BCUT2D eigenvalue weighted by Crippen LogP contribution is 2.34. The van der Waals surface area contributed by atoms with E-state index in [1.807, 2.05) is 30.3 Å². The summed E-state index contributed by atoms with van der Waals surface area (Å²) in [7, 11) is 0. The second-order valence-electron chi connectivity index (χ2n) is 7.36. The Kier molecular flexibility index (Phi) is 4.95. The lowest BCUT2D eigenvalue weighted by molar-refractivity contribution is -0.117. The van der Waals surface area contributed by atoms with Gasteiger partial charge in [0.1, 0.15) is 11.6 Å². The molecule has 160 valence electrons. The lowest BCUT2D eigenvalue weighted by atomic mass is 10.1. The summed E-state index contributed by atoms with van der Waals surface area (Å²) < 4.78 is 16.1. The van der Waals surface area contributed by atoms with Crippen LogP contribution in [0.2, 0.25) is 0 Å². The lowest BCUT2D eigenvalue weighted by Gasteiger charge is -2.14. The smallest absolute Gasteiger partial charge is 0.251 e. The first-order valence-corrected chi connectivity index (χ1v) is 10.0. The molecule has 0 fully saturated rings. The van der Waals surface area contributed by atoms with Gasteiger partial charge in [-0.2, -0.15) is 0 Å². The van der Waals surface area contributed by atoms with E-state index >= 15 is 0 Å². The molecule has 1 aliphatic heterocycles. The largest absolute Gasteiger partial charge is 0.454 e. The number of ether oxygens (including phenoxy) is 2. The molecule has 1 aromatic heterocycles. The zero-order valence-corrected chi connectivity index (χ0v) is 17.1. The zero-order valence-electron chi connectivity index (χ0n) is 17.1. The molecular formula is C24H19N3O5. The summed E-state index contributed by atoms with van der Waals surface area (Å²) in [6.07, 6.45) is 0. The first kappa shape index (κ1) is 19.6. The van der Waals surface area contributed by atoms with Crippen molar-refractivity contribution in [1.82, 2.24) is 10.5 Å². The van der Waals surface area contributed by atoms with Gasteiger partial charge in [0.15, 0.2) is 17.3 Å². The van der Waals surface area contributed by atoms with Crippen LogP contribution in [-0.2, 0) is 4.79 Å². The number of aromatic nitrogens is 1. The number of anilines is 1. The second kappa shape index (κ2) is 8.07. The number of rotatable bonds is 5. The Morgan fingerprint density at radius 2 is 1.78 bits per heavy atom. The number of carbonyl (C=O) groups excluding carboxylic acids is 2. The predicted octanol–water partition coefficient (Wildman–Crippen LogP) is 3.98. The number of fused-ring (bicyclic) bond motifs is 2. The van der Waals surface area contributed by atoms with Gasteiger partial charge in [-0.05, 0) is 37.3 Å². The van der Waals surface area contributed by atoms with Crippen LogP contribution in [0.4, 0.5) is 5.69 Å². The van der Waals surface area contributed by atoms with Crippen molar-refractivity contribution in [3.8, 4) is 22.8 Å². The van der Waals surface area contributed by atoms with Gasteiger partial charge in [-0.1, -0.05) is 35.5 Å². The van der Waals surface area contributed by atoms with Crippen molar-refractivity contribution in [3.05, 3.63) is 72.3 Å². The van der Waals surface area contributed by atoms with Crippen molar-refractivity contribution in [2.75, 3.05) is 12.1 Å². The number of carbonyl (C=O) groups is 2. The molecule has 0 saturated carbocycles. The molecule has 0 spiro atoms. The molecule has 0 saturated heterocycles. The molecule has 0 aliphatic carbocycles. The van der Waals surface area contributed by atoms with Crippen molar-refractivity contribution < 1.29 is 23.6 Å². The van der Waals surface area contributed by atoms with Crippen LogP contribution in [0.25, 0.3) is 22.2 Å². The summed E-state index contributed by atoms with van der Waals surface area (Å²) in [6, 6.07) is 19.0. The van der Waals surface area contributed by atoms with Crippen molar-refractivity contribution in [2.45, 2.75) is 13.0 Å². The molecule has 5 rings (SSSR count). The van der Waals surface area contributed by atoms with E-state index in [-0.39, 0.29) is 18.6 Å². The maximum atomic E-state index is 12.8. The third kappa shape index (κ3) is 3.74. The van der Waals surface area contributed by atoms with Gasteiger partial charge in [-0.3, -0.25) is 9.59 Å². The van der Waals surface area contributed by atoms with E-state index in [0.717, 1.165) is 10.9 Å². The van der Waals surface area contributed by atoms with E-state index in [2.05, 4.69) is 15.8 Å². The molecule has 0 radical (unpaired) electrons. The third-order valence-corrected chi connectivity index (χ3v) is 5.16.